The number of nitrogens with one attached hydrogen (secondary N) is 2. The summed E-state index contributed by atoms with van der Waals surface area (Å²) < 4.78 is 5.58. The van der Waals surface area contributed by atoms with Gasteiger partial charge in [-0.05, 0) is 47.9 Å². The molecule has 2 amide bonds. The molecule has 2 rings (SSSR count). The van der Waals surface area contributed by atoms with Gasteiger partial charge in [0.25, 0.3) is 5.91 Å². The molecule has 0 unspecified atom stereocenters. The van der Waals surface area contributed by atoms with Gasteiger partial charge in [-0.2, -0.15) is 0 Å². The van der Waals surface area contributed by atoms with Gasteiger partial charge in [0.2, 0.25) is 5.91 Å². The van der Waals surface area contributed by atoms with Crippen LogP contribution in [0.4, 0.5) is 5.69 Å². The number of rotatable bonds is 9. The van der Waals surface area contributed by atoms with Gasteiger partial charge in [-0.15, -0.1) is 0 Å². The molecule has 0 aliphatic rings. The van der Waals surface area contributed by atoms with Crippen molar-refractivity contribution in [2.45, 2.75) is 66.3 Å². The van der Waals surface area contributed by atoms with E-state index in [9.17, 15) is 9.59 Å². The van der Waals surface area contributed by atoms with E-state index in [0.717, 1.165) is 16.8 Å². The Morgan fingerprint density at radius 3 is 1.97 bits per heavy atom. The van der Waals surface area contributed by atoms with E-state index in [4.69, 9.17) is 4.74 Å². The number of amides is 2. The molecule has 2 N–H and O–H groups in total. The predicted octanol–water partition coefficient (Wildman–Crippen LogP) is 5.73. The smallest absolute Gasteiger partial charge is 0.255 e. The maximum atomic E-state index is 13.3. The van der Waals surface area contributed by atoms with Crippen LogP contribution in [0.3, 0.4) is 0 Å². The summed E-state index contributed by atoms with van der Waals surface area (Å²) in [6.45, 7) is 14.6. The number of anilines is 1. The lowest BCUT2D eigenvalue weighted by Gasteiger charge is -2.25. The van der Waals surface area contributed by atoms with Crippen molar-refractivity contribution in [3.63, 3.8) is 0 Å². The highest BCUT2D eigenvalue weighted by molar-refractivity contribution is 6.03. The average molecular weight is 425 g/mol. The van der Waals surface area contributed by atoms with E-state index >= 15 is 0 Å². The molecule has 0 saturated heterocycles. The molecule has 5 heteroatoms. The fraction of sp³-hybridized carbons (Fsp3) is 0.462. The topological polar surface area (TPSA) is 67.4 Å². The van der Waals surface area contributed by atoms with Crippen LogP contribution in [-0.2, 0) is 4.79 Å². The van der Waals surface area contributed by atoms with Crippen molar-refractivity contribution in [3.8, 4) is 5.75 Å². The molecule has 31 heavy (non-hydrogen) atoms. The number of carbonyl (C=O) groups is 2. The Morgan fingerprint density at radius 1 is 0.871 bits per heavy atom. The molecule has 2 aromatic carbocycles. The second-order valence-corrected chi connectivity index (χ2v) is 8.73. The maximum Gasteiger partial charge on any atom is 0.255 e. The van der Waals surface area contributed by atoms with Gasteiger partial charge < -0.3 is 15.4 Å². The van der Waals surface area contributed by atoms with Crippen LogP contribution in [0.15, 0.2) is 42.5 Å². The van der Waals surface area contributed by atoms with Gasteiger partial charge in [0.15, 0.2) is 0 Å². The van der Waals surface area contributed by atoms with Crippen LogP contribution in [0.1, 0.15) is 81.8 Å². The normalized spacial score (nSPS) is 12.2. The second kappa shape index (κ2) is 11.0. The summed E-state index contributed by atoms with van der Waals surface area (Å²) in [5.41, 5.74) is 3.46. The van der Waals surface area contributed by atoms with E-state index in [2.05, 4.69) is 38.3 Å². The highest BCUT2D eigenvalue weighted by Gasteiger charge is 2.27. The number of benzene rings is 2. The molecule has 0 bridgehead atoms. The highest BCUT2D eigenvalue weighted by atomic mass is 16.5. The average Bonchev–Trinajstić information content (AvgIpc) is 2.71. The first-order valence-corrected chi connectivity index (χ1v) is 11.1. The molecule has 5 nitrogen and oxygen atoms in total. The van der Waals surface area contributed by atoms with Crippen LogP contribution >= 0.6 is 0 Å². The Morgan fingerprint density at radius 2 is 1.45 bits per heavy atom. The number of hydrogen-bond donors (Lipinski definition) is 2. The van der Waals surface area contributed by atoms with E-state index in [0.29, 0.717) is 17.9 Å². The SMILES string of the molecule is CCOc1ccccc1C(=O)N[C@H](C(=O)Nc1c(C(C)C)cccc1C(C)C)C(C)C. The molecular weight excluding hydrogens is 388 g/mol. The largest absolute Gasteiger partial charge is 0.493 e. The second-order valence-electron chi connectivity index (χ2n) is 8.73. The van der Waals surface area contributed by atoms with Gasteiger partial charge in [-0.25, -0.2) is 0 Å². The zero-order valence-electron chi connectivity index (χ0n) is 19.8. The fourth-order valence-corrected chi connectivity index (χ4v) is 3.59. The van der Waals surface area contributed by atoms with Crippen LogP contribution in [0, 0.1) is 5.92 Å². The zero-order valence-corrected chi connectivity index (χ0v) is 19.8. The molecule has 0 fully saturated rings. The van der Waals surface area contributed by atoms with E-state index in [-0.39, 0.29) is 29.6 Å². The Balaban J connectivity index is 2.32. The summed E-state index contributed by atoms with van der Waals surface area (Å²) in [5, 5.41) is 6.05. The summed E-state index contributed by atoms with van der Waals surface area (Å²) in [6.07, 6.45) is 0. The molecule has 0 heterocycles. The molecule has 0 aliphatic heterocycles. The Hall–Kier alpha value is -2.82. The molecular formula is C26H36N2O3. The van der Waals surface area contributed by atoms with Crippen LogP contribution in [0.5, 0.6) is 5.75 Å². The monoisotopic (exact) mass is 424 g/mol. The molecule has 0 saturated carbocycles. The van der Waals surface area contributed by atoms with Gasteiger partial charge in [-0.3, -0.25) is 9.59 Å². The lowest BCUT2D eigenvalue weighted by Crippen LogP contribution is -2.47. The van der Waals surface area contributed by atoms with Gasteiger partial charge in [0, 0.05) is 5.69 Å². The van der Waals surface area contributed by atoms with Gasteiger partial charge >= 0.3 is 0 Å². The number of para-hydroxylation sites is 2. The lowest BCUT2D eigenvalue weighted by atomic mass is 9.92. The van der Waals surface area contributed by atoms with Crippen LogP contribution in [-0.4, -0.2) is 24.5 Å². The lowest BCUT2D eigenvalue weighted by molar-refractivity contribution is -0.118. The van der Waals surface area contributed by atoms with Gasteiger partial charge in [-0.1, -0.05) is 71.9 Å². The first-order valence-electron chi connectivity index (χ1n) is 11.1. The summed E-state index contributed by atoms with van der Waals surface area (Å²) in [7, 11) is 0. The first-order chi connectivity index (χ1) is 14.7. The van der Waals surface area contributed by atoms with Crippen molar-refractivity contribution in [1.82, 2.24) is 5.32 Å². The predicted molar refractivity (Wildman–Crippen MR) is 127 cm³/mol. The van der Waals surface area contributed by atoms with E-state index in [1.165, 1.54) is 0 Å². The van der Waals surface area contributed by atoms with Crippen molar-refractivity contribution < 1.29 is 14.3 Å². The van der Waals surface area contributed by atoms with Gasteiger partial charge in [0.1, 0.15) is 11.8 Å². The standard InChI is InChI=1S/C26H36N2O3/c1-8-31-22-15-10-9-12-21(22)25(29)27-23(18(6)7)26(30)28-24-19(16(2)3)13-11-14-20(24)17(4)5/h9-18,23H,8H2,1-7H3,(H,27,29)(H,28,30)/t23-/m0/s1. The summed E-state index contributed by atoms with van der Waals surface area (Å²) in [5.74, 6) is 0.416. The van der Waals surface area contributed by atoms with Crippen molar-refractivity contribution in [1.29, 1.82) is 0 Å². The molecule has 168 valence electrons. The number of carbonyl (C=O) groups excluding carboxylic acids is 2. The van der Waals surface area contributed by atoms with Crippen LogP contribution in [0.25, 0.3) is 0 Å². The first kappa shape index (κ1) is 24.4. The van der Waals surface area contributed by atoms with E-state index in [1.54, 1.807) is 18.2 Å². The molecule has 0 radical (unpaired) electrons. The van der Waals surface area contributed by atoms with Crippen LogP contribution in [0.2, 0.25) is 0 Å². The molecule has 2 aromatic rings. The minimum atomic E-state index is -0.678. The zero-order chi connectivity index (χ0) is 23.1. The third kappa shape index (κ3) is 6.09. The minimum Gasteiger partial charge on any atom is -0.493 e. The summed E-state index contributed by atoms with van der Waals surface area (Å²) in [4.78, 5) is 26.3. The fourth-order valence-electron chi connectivity index (χ4n) is 3.59. The molecule has 1 atom stereocenters. The molecule has 0 aliphatic carbocycles. The molecule has 0 spiro atoms. The third-order valence-electron chi connectivity index (χ3n) is 5.29. The Kier molecular flexibility index (Phi) is 8.66. The minimum absolute atomic E-state index is 0.0862. The Bertz CT molecular complexity index is 877. The summed E-state index contributed by atoms with van der Waals surface area (Å²) in [6, 6.07) is 12.5. The van der Waals surface area contributed by atoms with E-state index in [1.807, 2.05) is 45.0 Å². The van der Waals surface area contributed by atoms with Crippen LogP contribution < -0.4 is 15.4 Å². The highest BCUT2D eigenvalue weighted by Crippen LogP contribution is 2.32. The maximum absolute atomic E-state index is 13.3. The summed E-state index contributed by atoms with van der Waals surface area (Å²) >= 11 is 0. The number of ether oxygens (including phenoxy) is 1. The van der Waals surface area contributed by atoms with Crippen molar-refractivity contribution in [3.05, 3.63) is 59.2 Å². The Labute approximate surface area is 186 Å². The van der Waals surface area contributed by atoms with Crippen molar-refractivity contribution in [2.24, 2.45) is 5.92 Å². The molecule has 0 aromatic heterocycles. The van der Waals surface area contributed by atoms with Crippen molar-refractivity contribution in [2.75, 3.05) is 11.9 Å². The van der Waals surface area contributed by atoms with Gasteiger partial charge in [0.05, 0.1) is 12.2 Å². The third-order valence-corrected chi connectivity index (χ3v) is 5.29. The van der Waals surface area contributed by atoms with Crippen molar-refractivity contribution >= 4 is 17.5 Å². The quantitative estimate of drug-likeness (QED) is 0.540. The number of hydrogen-bond acceptors (Lipinski definition) is 3. The van der Waals surface area contributed by atoms with E-state index < -0.39 is 6.04 Å².